The van der Waals surface area contributed by atoms with Crippen molar-refractivity contribution in [3.63, 3.8) is 0 Å². The minimum absolute atomic E-state index is 0.0206. The number of hydrogen-bond donors (Lipinski definition) is 1. The molecule has 0 spiro atoms. The first-order chi connectivity index (χ1) is 18.2. The first-order valence-electron chi connectivity index (χ1n) is 12.4. The Balaban J connectivity index is 1.78. The number of hydrogen-bond acceptors (Lipinski definition) is 7. The minimum Gasteiger partial charge on any atom is -0.507 e. The number of amides is 1. The molecule has 1 atom stereocenters. The maximum absolute atomic E-state index is 13.4. The summed E-state index contributed by atoms with van der Waals surface area (Å²) in [5.41, 5.74) is 2.88. The summed E-state index contributed by atoms with van der Waals surface area (Å²) in [5, 5.41) is 11.4. The largest absolute Gasteiger partial charge is 0.507 e. The van der Waals surface area contributed by atoms with Gasteiger partial charge in [-0.3, -0.25) is 24.3 Å². The Labute approximate surface area is 221 Å². The molecule has 4 rings (SSSR count). The van der Waals surface area contributed by atoms with Crippen LogP contribution in [0.1, 0.15) is 49.1 Å². The predicted octanol–water partition coefficient (Wildman–Crippen LogP) is 4.91. The molecule has 1 aromatic heterocycles. The lowest BCUT2D eigenvalue weighted by Crippen LogP contribution is -2.29. The van der Waals surface area contributed by atoms with Crippen LogP contribution in [0.5, 0.6) is 5.75 Å². The Morgan fingerprint density at radius 1 is 1.11 bits per heavy atom. The molecule has 1 saturated heterocycles. The zero-order valence-corrected chi connectivity index (χ0v) is 21.8. The lowest BCUT2D eigenvalue weighted by molar-refractivity contribution is -0.142. The van der Waals surface area contributed by atoms with Gasteiger partial charge in [-0.15, -0.1) is 0 Å². The van der Waals surface area contributed by atoms with E-state index in [4.69, 9.17) is 9.47 Å². The van der Waals surface area contributed by atoms with Crippen LogP contribution in [0, 0.1) is 6.92 Å². The number of carbonyl (C=O) groups excluding carboxylic acids is 3. The summed E-state index contributed by atoms with van der Waals surface area (Å²) in [6.07, 6.45) is 3.23. The number of carbonyl (C=O) groups is 3. The van der Waals surface area contributed by atoms with E-state index in [-0.39, 0.29) is 29.8 Å². The van der Waals surface area contributed by atoms with Crippen LogP contribution in [-0.4, -0.2) is 40.5 Å². The number of ether oxygens (including phenoxy) is 2. The van der Waals surface area contributed by atoms with E-state index in [1.165, 1.54) is 4.90 Å². The van der Waals surface area contributed by atoms with Crippen LogP contribution >= 0.6 is 0 Å². The number of ketones is 1. The van der Waals surface area contributed by atoms with Crippen molar-refractivity contribution in [2.24, 2.45) is 0 Å². The first-order valence-corrected chi connectivity index (χ1v) is 12.4. The maximum Gasteiger partial charge on any atom is 0.310 e. The van der Waals surface area contributed by atoms with Gasteiger partial charge in [0.1, 0.15) is 11.5 Å². The predicted molar refractivity (Wildman–Crippen MR) is 143 cm³/mol. The normalized spacial score (nSPS) is 16.7. The molecule has 0 radical (unpaired) electrons. The average Bonchev–Trinajstić information content (AvgIpc) is 3.16. The van der Waals surface area contributed by atoms with Crippen molar-refractivity contribution in [3.8, 4) is 5.75 Å². The molecule has 196 valence electrons. The smallest absolute Gasteiger partial charge is 0.310 e. The highest BCUT2D eigenvalue weighted by molar-refractivity contribution is 6.51. The molecule has 1 N–H and O–H groups in total. The Morgan fingerprint density at radius 2 is 1.84 bits per heavy atom. The van der Waals surface area contributed by atoms with Crippen molar-refractivity contribution in [2.45, 2.75) is 46.3 Å². The quantitative estimate of drug-likeness (QED) is 0.197. The fraction of sp³-hybridized carbons (Fsp3) is 0.267. The van der Waals surface area contributed by atoms with Gasteiger partial charge in [-0.2, -0.15) is 0 Å². The van der Waals surface area contributed by atoms with E-state index in [0.29, 0.717) is 34.7 Å². The van der Waals surface area contributed by atoms with Crippen molar-refractivity contribution >= 4 is 29.1 Å². The molecule has 38 heavy (non-hydrogen) atoms. The zero-order valence-electron chi connectivity index (χ0n) is 21.8. The van der Waals surface area contributed by atoms with Crippen LogP contribution in [0.2, 0.25) is 0 Å². The van der Waals surface area contributed by atoms with Gasteiger partial charge in [-0.05, 0) is 80.8 Å². The monoisotopic (exact) mass is 514 g/mol. The summed E-state index contributed by atoms with van der Waals surface area (Å²) < 4.78 is 10.8. The Hall–Kier alpha value is -4.46. The van der Waals surface area contributed by atoms with Gasteiger partial charge in [0.15, 0.2) is 0 Å². The third kappa shape index (κ3) is 5.44. The summed E-state index contributed by atoms with van der Waals surface area (Å²) in [5.74, 6) is -1.53. The van der Waals surface area contributed by atoms with Crippen LogP contribution in [0.3, 0.4) is 0 Å². The van der Waals surface area contributed by atoms with Gasteiger partial charge in [-0.25, -0.2) is 0 Å². The summed E-state index contributed by atoms with van der Waals surface area (Å²) in [6.45, 7) is 7.73. The highest BCUT2D eigenvalue weighted by atomic mass is 16.5. The van der Waals surface area contributed by atoms with Gasteiger partial charge in [0.25, 0.3) is 11.7 Å². The van der Waals surface area contributed by atoms with E-state index >= 15 is 0 Å². The molecule has 8 heteroatoms. The zero-order chi connectivity index (χ0) is 27.4. The lowest BCUT2D eigenvalue weighted by Gasteiger charge is -2.25. The fourth-order valence-electron chi connectivity index (χ4n) is 4.44. The summed E-state index contributed by atoms with van der Waals surface area (Å²) in [7, 11) is 0. The van der Waals surface area contributed by atoms with E-state index in [2.05, 4.69) is 4.98 Å². The van der Waals surface area contributed by atoms with Gasteiger partial charge in [0, 0.05) is 23.6 Å². The fourth-order valence-corrected chi connectivity index (χ4v) is 4.44. The van der Waals surface area contributed by atoms with Crippen molar-refractivity contribution in [1.29, 1.82) is 0 Å². The van der Waals surface area contributed by atoms with Crippen molar-refractivity contribution in [1.82, 2.24) is 4.98 Å². The molecule has 0 saturated carbocycles. The van der Waals surface area contributed by atoms with Gasteiger partial charge in [-0.1, -0.05) is 18.2 Å². The number of esters is 1. The van der Waals surface area contributed by atoms with Crippen LogP contribution in [0.25, 0.3) is 5.76 Å². The summed E-state index contributed by atoms with van der Waals surface area (Å²) >= 11 is 0. The highest BCUT2D eigenvalue weighted by Crippen LogP contribution is 2.42. The molecule has 1 fully saturated rings. The van der Waals surface area contributed by atoms with Crippen LogP contribution < -0.4 is 9.64 Å². The van der Waals surface area contributed by atoms with Crippen molar-refractivity contribution < 1.29 is 29.0 Å². The number of rotatable bonds is 8. The summed E-state index contributed by atoms with van der Waals surface area (Å²) in [6, 6.07) is 14.5. The third-order valence-corrected chi connectivity index (χ3v) is 6.12. The van der Waals surface area contributed by atoms with Gasteiger partial charge < -0.3 is 14.6 Å². The lowest BCUT2D eigenvalue weighted by atomic mass is 9.95. The van der Waals surface area contributed by atoms with Gasteiger partial charge in [0.05, 0.1) is 30.7 Å². The van der Waals surface area contributed by atoms with Gasteiger partial charge in [0.2, 0.25) is 0 Å². The Morgan fingerprint density at radius 3 is 2.45 bits per heavy atom. The molecule has 2 aromatic carbocycles. The van der Waals surface area contributed by atoms with Crippen molar-refractivity contribution in [3.05, 3.63) is 94.8 Å². The van der Waals surface area contributed by atoms with Crippen LogP contribution in [0.4, 0.5) is 5.69 Å². The second-order valence-corrected chi connectivity index (χ2v) is 9.25. The molecule has 1 aliphatic rings. The number of Topliss-reactive ketones (excluding diaryl/α,β-unsaturated/α-hetero) is 1. The number of aliphatic hydroxyl groups is 1. The standard InChI is InChI=1S/C30H30N2O6/c1-5-37-25(33)16-20-8-11-23(12-9-20)32-27(22-7-6-14-31-17-22)26(29(35)30(32)36)28(34)21-10-13-24(19(4)15-21)38-18(2)3/h6-15,17-18,27,34H,5,16H2,1-4H3/b28-26-. The number of aromatic nitrogens is 1. The maximum atomic E-state index is 13.4. The number of aliphatic hydroxyl groups excluding tert-OH is 1. The second kappa shape index (κ2) is 11.3. The van der Waals surface area contributed by atoms with E-state index in [1.54, 1.807) is 73.9 Å². The first kappa shape index (κ1) is 26.6. The minimum atomic E-state index is -0.897. The average molecular weight is 515 g/mol. The van der Waals surface area contributed by atoms with E-state index in [1.807, 2.05) is 20.8 Å². The number of anilines is 1. The molecule has 0 bridgehead atoms. The molecule has 1 amide bonds. The number of pyridine rings is 1. The number of nitrogens with zero attached hydrogens (tertiary/aromatic N) is 2. The highest BCUT2D eigenvalue weighted by Gasteiger charge is 2.47. The topological polar surface area (TPSA) is 106 Å². The Kier molecular flexibility index (Phi) is 7.90. The number of benzene rings is 2. The molecule has 1 aliphatic heterocycles. The molecule has 1 unspecified atom stereocenters. The molecule has 3 aromatic rings. The SMILES string of the molecule is CCOC(=O)Cc1ccc(N2C(=O)C(=O)/C(=C(\O)c3ccc(OC(C)C)c(C)c3)C2c2cccnc2)cc1. The molecule has 8 nitrogen and oxygen atoms in total. The molecule has 2 heterocycles. The van der Waals surface area contributed by atoms with Crippen molar-refractivity contribution in [2.75, 3.05) is 11.5 Å². The third-order valence-electron chi connectivity index (χ3n) is 6.12. The Bertz CT molecular complexity index is 1380. The molecular weight excluding hydrogens is 484 g/mol. The van der Waals surface area contributed by atoms with Gasteiger partial charge >= 0.3 is 5.97 Å². The second-order valence-electron chi connectivity index (χ2n) is 9.25. The number of aryl methyl sites for hydroxylation is 1. The van der Waals surface area contributed by atoms with E-state index in [0.717, 1.165) is 5.56 Å². The van der Waals surface area contributed by atoms with Crippen LogP contribution in [-0.2, 0) is 25.5 Å². The van der Waals surface area contributed by atoms with E-state index < -0.39 is 17.7 Å². The molecule has 0 aliphatic carbocycles. The van der Waals surface area contributed by atoms with E-state index in [9.17, 15) is 19.5 Å². The molecular formula is C30H30N2O6. The summed E-state index contributed by atoms with van der Waals surface area (Å²) in [4.78, 5) is 44.1. The van der Waals surface area contributed by atoms with Crippen LogP contribution in [0.15, 0.2) is 72.6 Å².